The van der Waals surface area contributed by atoms with Crippen LogP contribution in [-0.4, -0.2) is 50.4 Å². The average molecular weight is 448 g/mol. The predicted octanol–water partition coefficient (Wildman–Crippen LogP) is 3.27. The first kappa shape index (κ1) is 21.4. The van der Waals surface area contributed by atoms with E-state index in [1.54, 1.807) is 24.4 Å². The van der Waals surface area contributed by atoms with Gasteiger partial charge in [0.15, 0.2) is 5.78 Å². The molecule has 0 bridgehead atoms. The van der Waals surface area contributed by atoms with Crippen LogP contribution in [0.1, 0.15) is 76.8 Å². The Balaban J connectivity index is 1.33. The highest BCUT2D eigenvalue weighted by Crippen LogP contribution is 2.43. The summed E-state index contributed by atoms with van der Waals surface area (Å²) in [6.45, 7) is 7.43. The standard InChI is InChI=1S/C25H29N5O3/c1-24(2,3)30-14-16-11-25(12-20(31)21(16)28-30)6-8-29(9-7-25)23(33)15-4-5-19-17(10-15)18(13-27-19)22(26)32/h4-5,10,13-14,27H,6-9,11-12H2,1-3H3,(H2,26,32). The van der Waals surface area contributed by atoms with E-state index in [0.717, 1.165) is 30.3 Å². The molecule has 1 saturated heterocycles. The summed E-state index contributed by atoms with van der Waals surface area (Å²) in [5, 5.41) is 5.23. The Morgan fingerprint density at radius 1 is 1.15 bits per heavy atom. The van der Waals surface area contributed by atoms with Crippen LogP contribution in [0.4, 0.5) is 0 Å². The number of aromatic nitrogens is 3. The van der Waals surface area contributed by atoms with Gasteiger partial charge in [-0.25, -0.2) is 0 Å². The molecule has 2 aliphatic rings. The van der Waals surface area contributed by atoms with Gasteiger partial charge in [0, 0.05) is 53.9 Å². The van der Waals surface area contributed by atoms with E-state index < -0.39 is 5.91 Å². The van der Waals surface area contributed by atoms with Gasteiger partial charge in [0.1, 0.15) is 5.69 Å². The van der Waals surface area contributed by atoms with Crippen LogP contribution in [-0.2, 0) is 12.0 Å². The van der Waals surface area contributed by atoms with Gasteiger partial charge in [-0.1, -0.05) is 0 Å². The molecule has 8 nitrogen and oxygen atoms in total. The number of likely N-dealkylation sites (tertiary alicyclic amines) is 1. The van der Waals surface area contributed by atoms with Crippen LogP contribution in [0, 0.1) is 5.41 Å². The zero-order valence-electron chi connectivity index (χ0n) is 19.3. The molecule has 0 atom stereocenters. The largest absolute Gasteiger partial charge is 0.366 e. The second kappa shape index (κ2) is 7.30. The zero-order chi connectivity index (χ0) is 23.5. The van der Waals surface area contributed by atoms with Crippen molar-refractivity contribution in [2.45, 2.75) is 52.0 Å². The van der Waals surface area contributed by atoms with Crippen LogP contribution >= 0.6 is 0 Å². The van der Waals surface area contributed by atoms with E-state index >= 15 is 0 Å². The van der Waals surface area contributed by atoms with E-state index in [0.29, 0.717) is 41.7 Å². The third-order valence-corrected chi connectivity index (χ3v) is 7.15. The molecule has 1 spiro atoms. The maximum atomic E-state index is 13.2. The smallest absolute Gasteiger partial charge is 0.253 e. The van der Waals surface area contributed by atoms with Gasteiger partial charge in [0.2, 0.25) is 0 Å². The molecule has 8 heteroatoms. The number of nitrogens with zero attached hydrogens (tertiary/aromatic N) is 3. The van der Waals surface area contributed by atoms with Gasteiger partial charge in [-0.2, -0.15) is 5.10 Å². The molecule has 172 valence electrons. The molecular formula is C25H29N5O3. The number of rotatable bonds is 2. The molecule has 0 saturated carbocycles. The molecule has 3 aromatic rings. The third kappa shape index (κ3) is 3.63. The van der Waals surface area contributed by atoms with Crippen molar-refractivity contribution in [2.75, 3.05) is 13.1 Å². The molecule has 33 heavy (non-hydrogen) atoms. The second-order valence-electron chi connectivity index (χ2n) is 10.5. The number of carbonyl (C=O) groups is 3. The summed E-state index contributed by atoms with van der Waals surface area (Å²) in [5.41, 5.74) is 8.49. The van der Waals surface area contributed by atoms with E-state index in [9.17, 15) is 14.4 Å². The predicted molar refractivity (Wildman–Crippen MR) is 124 cm³/mol. The maximum Gasteiger partial charge on any atom is 0.253 e. The molecule has 3 N–H and O–H groups in total. The highest BCUT2D eigenvalue weighted by molar-refractivity contribution is 6.08. The number of Topliss-reactive ketones (excluding diaryl/α,β-unsaturated/α-hetero) is 1. The number of carbonyl (C=O) groups excluding carboxylic acids is 3. The van der Waals surface area contributed by atoms with Gasteiger partial charge >= 0.3 is 0 Å². The molecule has 1 aliphatic heterocycles. The Bertz CT molecular complexity index is 1290. The molecule has 0 unspecified atom stereocenters. The maximum absolute atomic E-state index is 13.2. The first-order valence-corrected chi connectivity index (χ1v) is 11.4. The third-order valence-electron chi connectivity index (χ3n) is 7.15. The van der Waals surface area contributed by atoms with Crippen LogP contribution in [0.5, 0.6) is 0 Å². The first-order chi connectivity index (χ1) is 15.6. The fourth-order valence-electron chi connectivity index (χ4n) is 5.19. The average Bonchev–Trinajstić information content (AvgIpc) is 3.37. The van der Waals surface area contributed by atoms with Crippen molar-refractivity contribution in [3.8, 4) is 0 Å². The molecule has 1 fully saturated rings. The normalized spacial score (nSPS) is 18.0. The lowest BCUT2D eigenvalue weighted by molar-refractivity contribution is 0.0519. The van der Waals surface area contributed by atoms with Crippen molar-refractivity contribution in [1.82, 2.24) is 19.7 Å². The Morgan fingerprint density at radius 2 is 1.88 bits per heavy atom. The van der Waals surface area contributed by atoms with Crippen LogP contribution in [0.2, 0.25) is 0 Å². The minimum absolute atomic E-state index is 0.0632. The lowest BCUT2D eigenvalue weighted by Crippen LogP contribution is -2.46. The van der Waals surface area contributed by atoms with Crippen LogP contribution in [0.3, 0.4) is 0 Å². The minimum Gasteiger partial charge on any atom is -0.366 e. The number of fused-ring (bicyclic) bond motifs is 2. The van der Waals surface area contributed by atoms with Crippen molar-refractivity contribution in [3.05, 3.63) is 53.0 Å². The van der Waals surface area contributed by atoms with Gasteiger partial charge < -0.3 is 15.6 Å². The van der Waals surface area contributed by atoms with Gasteiger partial charge in [-0.15, -0.1) is 0 Å². The molecule has 3 heterocycles. The summed E-state index contributed by atoms with van der Waals surface area (Å²) in [6.07, 6.45) is 6.47. The number of hydrogen-bond acceptors (Lipinski definition) is 4. The van der Waals surface area contributed by atoms with Gasteiger partial charge in [0.25, 0.3) is 11.8 Å². The number of nitrogens with one attached hydrogen (secondary N) is 1. The number of amides is 2. The molecule has 2 aromatic heterocycles. The highest BCUT2D eigenvalue weighted by atomic mass is 16.2. The van der Waals surface area contributed by atoms with E-state index in [2.05, 4.69) is 30.9 Å². The number of primary amides is 1. The first-order valence-electron chi connectivity index (χ1n) is 11.4. The molecular weight excluding hydrogens is 418 g/mol. The van der Waals surface area contributed by atoms with Gasteiger partial charge in [-0.3, -0.25) is 19.1 Å². The number of ketones is 1. The summed E-state index contributed by atoms with van der Waals surface area (Å²) >= 11 is 0. The number of benzene rings is 1. The number of H-pyrrole nitrogens is 1. The van der Waals surface area contributed by atoms with Crippen molar-refractivity contribution in [1.29, 1.82) is 0 Å². The Hall–Kier alpha value is -3.42. The van der Waals surface area contributed by atoms with E-state index in [-0.39, 0.29) is 22.6 Å². The SMILES string of the molecule is CC(C)(C)n1cc2c(n1)C(=O)CC1(CCN(C(=O)c3ccc4[nH]cc(C(N)=O)c4c3)CC1)C2. The fraction of sp³-hybridized carbons (Fsp3) is 0.440. The number of piperidine rings is 1. The van der Waals surface area contributed by atoms with Crippen LogP contribution in [0.25, 0.3) is 10.9 Å². The van der Waals surface area contributed by atoms with Crippen molar-refractivity contribution in [3.63, 3.8) is 0 Å². The fourth-order valence-corrected chi connectivity index (χ4v) is 5.19. The highest BCUT2D eigenvalue weighted by Gasteiger charge is 2.43. The van der Waals surface area contributed by atoms with Crippen molar-refractivity contribution < 1.29 is 14.4 Å². The Morgan fingerprint density at radius 3 is 2.55 bits per heavy atom. The minimum atomic E-state index is -0.526. The molecule has 5 rings (SSSR count). The molecule has 2 amide bonds. The molecule has 1 aromatic carbocycles. The Labute approximate surface area is 192 Å². The molecule has 1 aliphatic carbocycles. The lowest BCUT2D eigenvalue weighted by Gasteiger charge is -2.43. The monoisotopic (exact) mass is 447 g/mol. The Kier molecular flexibility index (Phi) is 4.74. The summed E-state index contributed by atoms with van der Waals surface area (Å²) in [6, 6.07) is 5.30. The topological polar surface area (TPSA) is 114 Å². The number of aromatic amines is 1. The lowest BCUT2D eigenvalue weighted by atomic mass is 9.67. The quantitative estimate of drug-likeness (QED) is 0.627. The number of hydrogen-bond donors (Lipinski definition) is 2. The van der Waals surface area contributed by atoms with Crippen molar-refractivity contribution in [2.24, 2.45) is 11.1 Å². The van der Waals surface area contributed by atoms with E-state index in [1.807, 2.05) is 15.8 Å². The second-order valence-corrected chi connectivity index (χ2v) is 10.5. The summed E-state index contributed by atoms with van der Waals surface area (Å²) in [5.74, 6) is -0.482. The van der Waals surface area contributed by atoms with E-state index in [4.69, 9.17) is 5.73 Å². The van der Waals surface area contributed by atoms with Gasteiger partial charge in [0.05, 0.1) is 11.1 Å². The molecule has 0 radical (unpaired) electrons. The van der Waals surface area contributed by atoms with Gasteiger partial charge in [-0.05, 0) is 63.6 Å². The number of nitrogens with two attached hydrogens (primary N) is 1. The summed E-state index contributed by atoms with van der Waals surface area (Å²) in [7, 11) is 0. The van der Waals surface area contributed by atoms with Crippen LogP contribution < -0.4 is 5.73 Å². The summed E-state index contributed by atoms with van der Waals surface area (Å²) < 4.78 is 1.89. The van der Waals surface area contributed by atoms with E-state index in [1.165, 1.54) is 0 Å². The van der Waals surface area contributed by atoms with Crippen LogP contribution in [0.15, 0.2) is 30.6 Å². The van der Waals surface area contributed by atoms with Crippen molar-refractivity contribution >= 4 is 28.5 Å². The zero-order valence-corrected chi connectivity index (χ0v) is 19.3. The summed E-state index contributed by atoms with van der Waals surface area (Å²) in [4.78, 5) is 42.7.